The summed E-state index contributed by atoms with van der Waals surface area (Å²) in [6, 6.07) is 15.2. The van der Waals surface area contributed by atoms with E-state index in [0.717, 1.165) is 49.8 Å². The second-order valence-corrected chi connectivity index (χ2v) is 8.62. The Labute approximate surface area is 177 Å². The molecule has 4 heteroatoms. The Morgan fingerprint density at radius 3 is 2.32 bits per heavy atom. The molecule has 0 saturated carbocycles. The van der Waals surface area contributed by atoms with Crippen molar-refractivity contribution in [2.24, 2.45) is 5.92 Å². The summed E-state index contributed by atoms with van der Waals surface area (Å²) in [6.45, 7) is 7.93. The summed E-state index contributed by atoms with van der Waals surface area (Å²) in [5.74, 6) is 0.354. The normalized spacial score (nSPS) is 15.5. The molecule has 3 rings (SSSR count). The van der Waals surface area contributed by atoms with Gasteiger partial charge in [-0.15, -0.1) is 0 Å². The van der Waals surface area contributed by atoms with Gasteiger partial charge in [0.25, 0.3) is 0 Å². The molecule has 150 valence electrons. The number of hydrogen-bond donors (Lipinski definition) is 1. The van der Waals surface area contributed by atoms with Gasteiger partial charge in [-0.05, 0) is 73.2 Å². The highest BCUT2D eigenvalue weighted by Gasteiger charge is 2.24. The van der Waals surface area contributed by atoms with Gasteiger partial charge in [0.2, 0.25) is 5.91 Å². The van der Waals surface area contributed by atoms with Gasteiger partial charge in [-0.1, -0.05) is 60.1 Å². The molecule has 1 amide bonds. The molecule has 28 heavy (non-hydrogen) atoms. The van der Waals surface area contributed by atoms with Crippen LogP contribution in [-0.2, 0) is 30.7 Å². The molecule has 0 radical (unpaired) electrons. The van der Waals surface area contributed by atoms with Crippen LogP contribution in [0.25, 0.3) is 0 Å². The second-order valence-electron chi connectivity index (χ2n) is 7.70. The van der Waals surface area contributed by atoms with Gasteiger partial charge in [0.15, 0.2) is 0 Å². The summed E-state index contributed by atoms with van der Waals surface area (Å²) in [7, 11) is 0. The van der Waals surface area contributed by atoms with Crippen LogP contribution in [0.4, 0.5) is 0 Å². The molecule has 0 bridgehead atoms. The zero-order chi connectivity index (χ0) is 19.9. The summed E-state index contributed by atoms with van der Waals surface area (Å²) in [5, 5.41) is 3.20. The molecule has 1 aliphatic heterocycles. The van der Waals surface area contributed by atoms with E-state index in [2.05, 4.69) is 82.5 Å². The lowest BCUT2D eigenvalue weighted by Crippen LogP contribution is -2.40. The first-order valence-corrected chi connectivity index (χ1v) is 11.2. The van der Waals surface area contributed by atoms with Crippen LogP contribution in [0.1, 0.15) is 48.9 Å². The van der Waals surface area contributed by atoms with Crippen molar-refractivity contribution in [1.82, 2.24) is 10.2 Å². The topological polar surface area (TPSA) is 32.3 Å². The van der Waals surface area contributed by atoms with Gasteiger partial charge in [0.1, 0.15) is 0 Å². The highest BCUT2D eigenvalue weighted by molar-refractivity contribution is 9.10. The number of piperidine rings is 1. The molecule has 1 saturated heterocycles. The fraction of sp³-hybridized carbons (Fsp3) is 0.458. The number of likely N-dealkylation sites (tertiary alicyclic amines) is 1. The van der Waals surface area contributed by atoms with Gasteiger partial charge in [0, 0.05) is 23.5 Å². The van der Waals surface area contributed by atoms with Crippen molar-refractivity contribution in [3.05, 3.63) is 69.2 Å². The molecular formula is C24H31BrN2O. The first-order chi connectivity index (χ1) is 13.6. The summed E-state index contributed by atoms with van der Waals surface area (Å²) in [5.41, 5.74) is 5.27. The molecule has 1 fully saturated rings. The quantitative estimate of drug-likeness (QED) is 0.646. The smallest absolute Gasteiger partial charge is 0.223 e. The molecular weight excluding hydrogens is 412 g/mol. The Bertz CT molecular complexity index is 780. The van der Waals surface area contributed by atoms with Crippen molar-refractivity contribution >= 4 is 21.8 Å². The molecule has 1 N–H and O–H groups in total. The predicted octanol–water partition coefficient (Wildman–Crippen LogP) is 5.10. The number of rotatable bonds is 7. The predicted molar refractivity (Wildman–Crippen MR) is 119 cm³/mol. The van der Waals surface area contributed by atoms with E-state index in [1.807, 2.05) is 0 Å². The number of hydrogen-bond acceptors (Lipinski definition) is 2. The van der Waals surface area contributed by atoms with Crippen molar-refractivity contribution in [3.63, 3.8) is 0 Å². The van der Waals surface area contributed by atoms with E-state index >= 15 is 0 Å². The van der Waals surface area contributed by atoms with Crippen molar-refractivity contribution in [3.8, 4) is 0 Å². The van der Waals surface area contributed by atoms with E-state index in [-0.39, 0.29) is 11.8 Å². The van der Waals surface area contributed by atoms with Gasteiger partial charge in [-0.3, -0.25) is 9.69 Å². The standard InChI is InChI=1S/C24H31BrN2O/c1-3-18-5-8-20(4-2)22(15-18)16-26-24(28)21-11-13-27(14-12-21)17-19-6-9-23(25)10-7-19/h5-10,15,21H,3-4,11-14,16-17H2,1-2H3,(H,26,28). The van der Waals surface area contributed by atoms with Crippen LogP contribution in [0, 0.1) is 5.92 Å². The molecule has 2 aromatic carbocycles. The fourth-order valence-electron chi connectivity index (χ4n) is 3.94. The number of nitrogens with zero attached hydrogens (tertiary/aromatic N) is 1. The Morgan fingerprint density at radius 2 is 1.68 bits per heavy atom. The van der Waals surface area contributed by atoms with Crippen molar-refractivity contribution in [2.75, 3.05) is 13.1 Å². The van der Waals surface area contributed by atoms with Crippen molar-refractivity contribution < 1.29 is 4.79 Å². The van der Waals surface area contributed by atoms with Crippen LogP contribution < -0.4 is 5.32 Å². The zero-order valence-electron chi connectivity index (χ0n) is 17.0. The van der Waals surface area contributed by atoms with Crippen LogP contribution in [0.15, 0.2) is 46.9 Å². The average molecular weight is 443 g/mol. The van der Waals surface area contributed by atoms with Crippen LogP contribution in [0.5, 0.6) is 0 Å². The molecule has 1 aliphatic rings. The van der Waals surface area contributed by atoms with Gasteiger partial charge < -0.3 is 5.32 Å². The number of nitrogens with one attached hydrogen (secondary N) is 1. The van der Waals surface area contributed by atoms with Gasteiger partial charge in [-0.2, -0.15) is 0 Å². The molecule has 0 unspecified atom stereocenters. The van der Waals surface area contributed by atoms with Gasteiger partial charge in [-0.25, -0.2) is 0 Å². The molecule has 2 aromatic rings. The number of aryl methyl sites for hydroxylation is 2. The molecule has 0 aliphatic carbocycles. The Morgan fingerprint density at radius 1 is 1.00 bits per heavy atom. The monoisotopic (exact) mass is 442 g/mol. The minimum absolute atomic E-state index is 0.139. The van der Waals surface area contributed by atoms with Crippen LogP contribution in [0.3, 0.4) is 0 Å². The molecule has 0 aromatic heterocycles. The third kappa shape index (κ3) is 5.68. The Balaban J connectivity index is 1.48. The number of carbonyl (C=O) groups excluding carboxylic acids is 1. The number of benzene rings is 2. The fourth-order valence-corrected chi connectivity index (χ4v) is 4.20. The Kier molecular flexibility index (Phi) is 7.69. The molecule has 0 atom stereocenters. The first kappa shape index (κ1) is 21.1. The summed E-state index contributed by atoms with van der Waals surface area (Å²) in [6.07, 6.45) is 3.92. The van der Waals surface area contributed by atoms with Crippen molar-refractivity contribution in [2.45, 2.75) is 52.6 Å². The van der Waals surface area contributed by atoms with E-state index in [1.54, 1.807) is 0 Å². The lowest BCUT2D eigenvalue weighted by Gasteiger charge is -2.31. The average Bonchev–Trinajstić information content (AvgIpc) is 2.74. The van der Waals surface area contributed by atoms with Gasteiger partial charge >= 0.3 is 0 Å². The second kappa shape index (κ2) is 10.2. The summed E-state index contributed by atoms with van der Waals surface area (Å²) >= 11 is 3.48. The lowest BCUT2D eigenvalue weighted by atomic mass is 9.95. The third-order valence-electron chi connectivity index (χ3n) is 5.79. The van der Waals surface area contributed by atoms with E-state index in [4.69, 9.17) is 0 Å². The first-order valence-electron chi connectivity index (χ1n) is 10.4. The SMILES string of the molecule is CCc1ccc(CC)c(CNC(=O)C2CCN(Cc3ccc(Br)cc3)CC2)c1. The van der Waals surface area contributed by atoms with E-state index in [1.165, 1.54) is 22.3 Å². The minimum atomic E-state index is 0.139. The molecule has 3 nitrogen and oxygen atoms in total. The molecule has 1 heterocycles. The lowest BCUT2D eigenvalue weighted by molar-refractivity contribution is -0.126. The maximum atomic E-state index is 12.7. The van der Waals surface area contributed by atoms with E-state index in [0.29, 0.717) is 6.54 Å². The van der Waals surface area contributed by atoms with Crippen LogP contribution in [-0.4, -0.2) is 23.9 Å². The summed E-state index contributed by atoms with van der Waals surface area (Å²) in [4.78, 5) is 15.1. The maximum absolute atomic E-state index is 12.7. The van der Waals surface area contributed by atoms with E-state index in [9.17, 15) is 4.79 Å². The van der Waals surface area contributed by atoms with E-state index < -0.39 is 0 Å². The highest BCUT2D eigenvalue weighted by atomic mass is 79.9. The minimum Gasteiger partial charge on any atom is -0.352 e. The summed E-state index contributed by atoms with van der Waals surface area (Å²) < 4.78 is 1.11. The Hall–Kier alpha value is -1.65. The van der Waals surface area contributed by atoms with Crippen LogP contribution in [0.2, 0.25) is 0 Å². The van der Waals surface area contributed by atoms with Crippen molar-refractivity contribution in [1.29, 1.82) is 0 Å². The van der Waals surface area contributed by atoms with Gasteiger partial charge in [0.05, 0.1) is 0 Å². The number of halogens is 1. The molecule has 0 spiro atoms. The highest BCUT2D eigenvalue weighted by Crippen LogP contribution is 2.21. The number of carbonyl (C=O) groups is 1. The largest absolute Gasteiger partial charge is 0.352 e. The zero-order valence-corrected chi connectivity index (χ0v) is 18.6. The van der Waals surface area contributed by atoms with Crippen LogP contribution >= 0.6 is 15.9 Å². The maximum Gasteiger partial charge on any atom is 0.223 e. The number of amides is 1. The third-order valence-corrected chi connectivity index (χ3v) is 6.32.